The minimum atomic E-state index is -2.87. The van der Waals surface area contributed by atoms with E-state index in [0.717, 1.165) is 24.1 Å². The highest BCUT2D eigenvalue weighted by atomic mass is 16.7. The highest BCUT2D eigenvalue weighted by Crippen LogP contribution is 2.67. The Balaban J connectivity index is 1.28. The van der Waals surface area contributed by atoms with E-state index in [9.17, 15) is 30.3 Å². The first kappa shape index (κ1) is 20.2. The van der Waals surface area contributed by atoms with Gasteiger partial charge in [0.2, 0.25) is 12.2 Å². The largest absolute Gasteiger partial charge is 0.479 e. The molecule has 1 aromatic rings. The summed E-state index contributed by atoms with van der Waals surface area (Å²) >= 11 is 0. The molecule has 1 aromatic heterocycles. The van der Waals surface area contributed by atoms with Gasteiger partial charge in [-0.05, 0) is 92.7 Å². The molecule has 6 N–H and O–H groups in total. The Bertz CT molecular complexity index is 1260. The van der Waals surface area contributed by atoms with E-state index in [-0.39, 0.29) is 41.4 Å². The molecule has 37 heavy (non-hydrogen) atoms. The maximum Gasteiger partial charge on any atom is 0.335 e. The Morgan fingerprint density at radius 2 is 1.95 bits per heavy atom. The lowest BCUT2D eigenvalue weighted by molar-refractivity contribution is -0.271. The summed E-state index contributed by atoms with van der Waals surface area (Å²) < 4.78 is 53.0. The van der Waals surface area contributed by atoms with Gasteiger partial charge in [0.05, 0.1) is 5.60 Å². The second-order valence-corrected chi connectivity index (χ2v) is 12.4. The molecular weight excluding hydrogens is 480 g/mol. The number of hydrogen-bond acceptors (Lipinski definition) is 8. The van der Waals surface area contributed by atoms with Crippen molar-refractivity contribution in [1.82, 2.24) is 10.2 Å². The summed E-state index contributed by atoms with van der Waals surface area (Å²) in [5.41, 5.74) is -2.24. The van der Waals surface area contributed by atoms with Crippen molar-refractivity contribution in [3.63, 3.8) is 0 Å². The summed E-state index contributed by atoms with van der Waals surface area (Å²) in [5, 5.41) is 59.0. The Kier molecular flexibility index (Phi) is 4.58. The van der Waals surface area contributed by atoms with Crippen molar-refractivity contribution < 1.29 is 46.7 Å². The van der Waals surface area contributed by atoms with Crippen LogP contribution in [0.25, 0.3) is 0 Å². The van der Waals surface area contributed by atoms with Crippen LogP contribution >= 0.6 is 0 Å². The molecule has 6 rings (SSSR count). The van der Waals surface area contributed by atoms with Crippen molar-refractivity contribution >= 4 is 5.97 Å². The SMILES string of the molecule is [2H]C([2H])([2H])[C@]1(O)C([2H])([2H])C[C@H]2[C@@H]3CC[C@H]4Cc5[nH]nc(O[C@@H]6O[C@H](C(=O)O)[C@@H](O)[C@H](O)[C@H]6O)c5C[C@]4(C)[C@H]3CC[C@@]21C. The van der Waals surface area contributed by atoms with Crippen LogP contribution in [0.3, 0.4) is 0 Å². The van der Waals surface area contributed by atoms with Crippen LogP contribution < -0.4 is 4.74 Å². The van der Waals surface area contributed by atoms with Crippen LogP contribution in [0.2, 0.25) is 0 Å². The lowest BCUT2D eigenvalue weighted by Gasteiger charge is -2.60. The van der Waals surface area contributed by atoms with E-state index in [1.807, 2.05) is 0 Å². The van der Waals surface area contributed by atoms with Gasteiger partial charge >= 0.3 is 5.97 Å². The van der Waals surface area contributed by atoms with Gasteiger partial charge in [-0.2, -0.15) is 0 Å². The van der Waals surface area contributed by atoms with E-state index in [2.05, 4.69) is 17.1 Å². The Hall–Kier alpha value is -1.72. The monoisotopic (exact) mass is 525 g/mol. The average molecular weight is 526 g/mol. The zero-order valence-corrected chi connectivity index (χ0v) is 21.1. The molecule has 10 heteroatoms. The molecule has 3 saturated carbocycles. The molecule has 12 atom stereocenters. The summed E-state index contributed by atoms with van der Waals surface area (Å²) in [6.45, 7) is 1.08. The number of aromatic nitrogens is 2. The van der Waals surface area contributed by atoms with E-state index in [1.54, 1.807) is 6.92 Å². The second kappa shape index (κ2) is 8.39. The summed E-state index contributed by atoms with van der Waals surface area (Å²) in [6.07, 6.45) is -7.17. The van der Waals surface area contributed by atoms with Gasteiger partial charge < -0.3 is 35.0 Å². The number of aliphatic carboxylic acids is 1. The molecule has 2 heterocycles. The van der Waals surface area contributed by atoms with Crippen LogP contribution in [0, 0.1) is 34.5 Å². The fourth-order valence-electron chi connectivity index (χ4n) is 8.47. The zero-order valence-electron chi connectivity index (χ0n) is 26.1. The van der Waals surface area contributed by atoms with Gasteiger partial charge in [-0.3, -0.25) is 5.10 Å². The molecule has 10 nitrogen and oxygen atoms in total. The molecule has 4 fully saturated rings. The number of fused-ring (bicyclic) bond motifs is 6. The highest BCUT2D eigenvalue weighted by Gasteiger charge is 2.63. The molecule has 4 aliphatic carbocycles. The highest BCUT2D eigenvalue weighted by molar-refractivity contribution is 5.73. The van der Waals surface area contributed by atoms with Gasteiger partial charge in [-0.15, -0.1) is 5.10 Å². The molecule has 1 aliphatic heterocycles. The van der Waals surface area contributed by atoms with Gasteiger partial charge in [-0.1, -0.05) is 13.8 Å². The van der Waals surface area contributed by atoms with E-state index in [0.29, 0.717) is 25.7 Å². The summed E-state index contributed by atoms with van der Waals surface area (Å²) in [7, 11) is 0. The maximum atomic E-state index is 11.6. The number of nitrogens with zero attached hydrogens (tertiary/aromatic N) is 1. The third kappa shape index (κ3) is 3.55. The van der Waals surface area contributed by atoms with Gasteiger partial charge in [0.25, 0.3) is 0 Å². The molecule has 0 bridgehead atoms. The zero-order chi connectivity index (χ0) is 30.8. The summed E-state index contributed by atoms with van der Waals surface area (Å²) in [6, 6.07) is 0. The number of H-pyrrole nitrogens is 1. The van der Waals surface area contributed by atoms with Crippen molar-refractivity contribution in [1.29, 1.82) is 0 Å². The third-order valence-corrected chi connectivity index (χ3v) is 10.8. The fraction of sp³-hybridized carbons (Fsp3) is 0.852. The Morgan fingerprint density at radius 1 is 1.16 bits per heavy atom. The maximum absolute atomic E-state index is 11.6. The molecule has 5 aliphatic rings. The van der Waals surface area contributed by atoms with E-state index in [4.69, 9.17) is 16.3 Å². The number of aliphatic hydroxyl groups is 4. The van der Waals surface area contributed by atoms with Crippen molar-refractivity contribution in [2.45, 2.75) is 108 Å². The standard InChI is InChI=1S/C27H40N2O8/c1-25-11-14-17(28-29-22(14)37-24-20(32)18(30)19(31)21(36-24)23(33)34)10-12(25)4-5-13-15(25)6-8-26(2)16(13)7-9-27(26,3)35/h12-13,15-16,18-21,24,30-32,35H,4-11H2,1-3H3,(H,28,29)(H,33,34)/t12-,13+,15-,16-,18-,19-,20+,21-,24-,25-,26-,27-/m0/s1/i3D3,9D2. The number of carbonyl (C=O) groups is 1. The molecule has 0 amide bonds. The minimum Gasteiger partial charge on any atom is -0.479 e. The topological polar surface area (TPSA) is 165 Å². The quantitative estimate of drug-likeness (QED) is 0.342. The Labute approximate surface area is 223 Å². The number of nitrogens with one attached hydrogen (secondary N) is 1. The number of aliphatic hydroxyl groups excluding tert-OH is 3. The van der Waals surface area contributed by atoms with E-state index in [1.165, 1.54) is 0 Å². The number of aromatic amines is 1. The molecule has 0 radical (unpaired) electrons. The van der Waals surface area contributed by atoms with Crippen molar-refractivity contribution in [2.24, 2.45) is 34.5 Å². The van der Waals surface area contributed by atoms with E-state index >= 15 is 0 Å². The van der Waals surface area contributed by atoms with Crippen molar-refractivity contribution in [2.75, 3.05) is 0 Å². The van der Waals surface area contributed by atoms with Crippen LogP contribution in [-0.4, -0.2) is 78.0 Å². The average Bonchev–Trinajstić information content (AvgIpc) is 3.35. The molecule has 206 valence electrons. The summed E-state index contributed by atoms with van der Waals surface area (Å²) in [4.78, 5) is 11.5. The van der Waals surface area contributed by atoms with Crippen LogP contribution in [0.5, 0.6) is 5.88 Å². The van der Waals surface area contributed by atoms with Gasteiger partial charge in [0.15, 0.2) is 6.10 Å². The predicted molar refractivity (Wildman–Crippen MR) is 129 cm³/mol. The van der Waals surface area contributed by atoms with Crippen molar-refractivity contribution in [3.8, 4) is 5.88 Å². The summed E-state index contributed by atoms with van der Waals surface area (Å²) in [5.74, 6) is -1.29. The third-order valence-electron chi connectivity index (χ3n) is 10.8. The van der Waals surface area contributed by atoms with Crippen molar-refractivity contribution in [3.05, 3.63) is 11.3 Å². The van der Waals surface area contributed by atoms with Crippen LogP contribution in [0.1, 0.15) is 77.3 Å². The first-order valence-electron chi connectivity index (χ1n) is 15.7. The molecule has 0 unspecified atom stereocenters. The predicted octanol–water partition coefficient (Wildman–Crippen LogP) is 1.39. The first-order chi connectivity index (χ1) is 19.4. The Morgan fingerprint density at radius 3 is 2.68 bits per heavy atom. The van der Waals surface area contributed by atoms with Gasteiger partial charge in [0.1, 0.15) is 18.3 Å². The number of rotatable bonds is 3. The lowest BCUT2D eigenvalue weighted by Crippen LogP contribution is -2.61. The van der Waals surface area contributed by atoms with Gasteiger partial charge in [-0.25, -0.2) is 4.79 Å². The molecule has 1 saturated heterocycles. The van der Waals surface area contributed by atoms with Crippen LogP contribution in [0.4, 0.5) is 0 Å². The molecular formula is C27H40N2O8. The van der Waals surface area contributed by atoms with Crippen LogP contribution in [-0.2, 0) is 22.4 Å². The number of carboxylic acids is 1. The van der Waals surface area contributed by atoms with Gasteiger partial charge in [0, 0.05) is 18.1 Å². The number of hydrogen-bond donors (Lipinski definition) is 6. The van der Waals surface area contributed by atoms with E-state index < -0.39 is 60.9 Å². The fourth-order valence-corrected chi connectivity index (χ4v) is 8.47. The number of ether oxygens (including phenoxy) is 2. The lowest BCUT2D eigenvalue weighted by atomic mass is 9.44. The smallest absolute Gasteiger partial charge is 0.335 e. The first-order valence-corrected chi connectivity index (χ1v) is 13.2. The second-order valence-electron chi connectivity index (χ2n) is 12.4. The minimum absolute atomic E-state index is 0.0124. The molecule has 0 aromatic carbocycles. The molecule has 0 spiro atoms. The number of carboxylic acid groups (broad SMARTS) is 1. The normalized spacial score (nSPS) is 54.6. The van der Waals surface area contributed by atoms with Crippen LogP contribution in [0.15, 0.2) is 0 Å².